The van der Waals surface area contributed by atoms with Crippen LogP contribution in [0.15, 0.2) is 11.4 Å². The van der Waals surface area contributed by atoms with Crippen LogP contribution in [0.5, 0.6) is 0 Å². The van der Waals surface area contributed by atoms with Crippen LogP contribution in [0.4, 0.5) is 4.79 Å². The molecule has 0 bridgehead atoms. The van der Waals surface area contributed by atoms with Crippen molar-refractivity contribution >= 4 is 25.6 Å². The number of hydrogen-bond donors (Lipinski definition) is 3. The smallest absolute Gasteiger partial charge is 0.410 e. The van der Waals surface area contributed by atoms with E-state index in [1.165, 1.54) is 12.7 Å². The summed E-state index contributed by atoms with van der Waals surface area (Å²) >= 11 is 0. The van der Waals surface area contributed by atoms with E-state index >= 15 is 0 Å². The number of carbonyl (C=O) groups excluding carboxylic acids is 3. The number of esters is 1. The van der Waals surface area contributed by atoms with E-state index in [-0.39, 0.29) is 5.92 Å². The number of hydrogen-bond acceptors (Lipinski definition) is 7. The highest BCUT2D eigenvalue weighted by Gasteiger charge is 2.35. The Hall–Kier alpha value is -1.50. The molecule has 1 fully saturated rings. The highest BCUT2D eigenvalue weighted by Crippen LogP contribution is 2.53. The zero-order valence-electron chi connectivity index (χ0n) is 15.6. The topological polar surface area (TPSA) is 122 Å². The molecule has 0 aromatic rings. The van der Waals surface area contributed by atoms with Gasteiger partial charge >= 0.3 is 12.1 Å². The summed E-state index contributed by atoms with van der Waals surface area (Å²) in [5, 5.41) is 2.21. The van der Waals surface area contributed by atoms with Crippen molar-refractivity contribution in [2.24, 2.45) is 5.92 Å². The summed E-state index contributed by atoms with van der Waals surface area (Å²) < 4.78 is 9.67. The van der Waals surface area contributed by atoms with Gasteiger partial charge in [0.2, 0.25) is 6.29 Å². The second kappa shape index (κ2) is 10.6. The number of amides is 1. The van der Waals surface area contributed by atoms with Gasteiger partial charge in [0.1, 0.15) is 5.82 Å². The summed E-state index contributed by atoms with van der Waals surface area (Å²) in [5.74, 6) is 0.0673. The first kappa shape index (κ1) is 22.5. The van der Waals surface area contributed by atoms with Gasteiger partial charge in [-0.05, 0) is 31.3 Å². The lowest BCUT2D eigenvalue weighted by molar-refractivity contribution is -0.168. The normalized spacial score (nSPS) is 16.0. The fourth-order valence-electron chi connectivity index (χ4n) is 2.48. The molecule has 1 aliphatic carbocycles. The van der Waals surface area contributed by atoms with Crippen molar-refractivity contribution in [2.45, 2.75) is 59.2 Å². The van der Waals surface area contributed by atoms with E-state index in [1.54, 1.807) is 13.8 Å². The SMILES string of the molecule is CC(OC(=O)NCC(=O)C[P+](O)(O)C=C1CCCCC1)OC(=O)C(C)C. The minimum Gasteiger partial charge on any atom is -0.425 e. The molecule has 0 aromatic heterocycles. The third-order valence-corrected chi connectivity index (χ3v) is 5.35. The Kier molecular flexibility index (Phi) is 9.19. The molecule has 0 aromatic carbocycles. The number of allylic oxidation sites excluding steroid dienone is 1. The largest absolute Gasteiger partial charge is 0.425 e. The molecule has 1 atom stereocenters. The Balaban J connectivity index is 2.36. The molecule has 0 spiro atoms. The molecular weight excluding hydrogens is 361 g/mol. The van der Waals surface area contributed by atoms with Crippen LogP contribution in [0, 0.1) is 5.92 Å². The van der Waals surface area contributed by atoms with Gasteiger partial charge in [0.05, 0.1) is 12.5 Å². The van der Waals surface area contributed by atoms with E-state index in [1.807, 2.05) is 0 Å². The summed E-state index contributed by atoms with van der Waals surface area (Å²) in [4.78, 5) is 55.0. The van der Waals surface area contributed by atoms with Gasteiger partial charge in [0.15, 0.2) is 11.9 Å². The Bertz CT molecular complexity index is 537. The zero-order valence-corrected chi connectivity index (χ0v) is 16.5. The number of ketones is 1. The van der Waals surface area contributed by atoms with Crippen molar-refractivity contribution in [1.82, 2.24) is 5.32 Å². The van der Waals surface area contributed by atoms with E-state index in [9.17, 15) is 24.2 Å². The lowest BCUT2D eigenvalue weighted by atomic mass is 9.96. The van der Waals surface area contributed by atoms with Gasteiger partial charge in [-0.25, -0.2) is 14.6 Å². The Morgan fingerprint density at radius 2 is 1.73 bits per heavy atom. The Morgan fingerprint density at radius 3 is 2.31 bits per heavy atom. The zero-order chi connectivity index (χ0) is 19.7. The quantitative estimate of drug-likeness (QED) is 0.331. The van der Waals surface area contributed by atoms with Gasteiger partial charge in [-0.15, -0.1) is 0 Å². The highest BCUT2D eigenvalue weighted by molar-refractivity contribution is 7.68. The van der Waals surface area contributed by atoms with E-state index in [2.05, 4.69) is 5.32 Å². The summed E-state index contributed by atoms with van der Waals surface area (Å²) in [6, 6.07) is 0. The van der Waals surface area contributed by atoms with Crippen molar-refractivity contribution in [3.8, 4) is 0 Å². The Labute approximate surface area is 154 Å². The molecule has 0 aliphatic heterocycles. The first-order valence-electron chi connectivity index (χ1n) is 8.79. The number of ether oxygens (including phenoxy) is 2. The monoisotopic (exact) mass is 390 g/mol. The van der Waals surface area contributed by atoms with E-state index in [0.29, 0.717) is 0 Å². The van der Waals surface area contributed by atoms with Gasteiger partial charge < -0.3 is 14.8 Å². The number of carbonyl (C=O) groups is 3. The van der Waals surface area contributed by atoms with Crippen LogP contribution in [0.1, 0.15) is 52.9 Å². The van der Waals surface area contributed by atoms with Crippen molar-refractivity contribution in [3.63, 3.8) is 0 Å². The fourth-order valence-corrected chi connectivity index (χ4v) is 4.04. The van der Waals surface area contributed by atoms with Gasteiger partial charge in [0.25, 0.3) is 7.72 Å². The molecule has 1 aliphatic rings. The van der Waals surface area contributed by atoms with Crippen LogP contribution < -0.4 is 5.32 Å². The van der Waals surface area contributed by atoms with Gasteiger partial charge in [0, 0.05) is 6.92 Å². The van der Waals surface area contributed by atoms with Crippen LogP contribution in [0.2, 0.25) is 0 Å². The average Bonchev–Trinajstić information content (AvgIpc) is 2.52. The van der Waals surface area contributed by atoms with E-state index in [0.717, 1.165) is 37.7 Å². The number of alkyl carbamates (subject to hydrolysis) is 1. The minimum absolute atomic E-state index is 0.352. The number of nitrogens with one attached hydrogen (secondary N) is 1. The van der Waals surface area contributed by atoms with Crippen LogP contribution >= 0.6 is 7.72 Å². The molecular formula is C17H29NO7P+. The van der Waals surface area contributed by atoms with Gasteiger partial charge in [-0.2, -0.15) is 0 Å². The molecule has 9 heteroatoms. The van der Waals surface area contributed by atoms with E-state index in [4.69, 9.17) is 9.47 Å². The second-order valence-corrected chi connectivity index (χ2v) is 8.89. The predicted molar refractivity (Wildman–Crippen MR) is 97.3 cm³/mol. The van der Waals surface area contributed by atoms with Crippen molar-refractivity contribution < 1.29 is 33.6 Å². The summed E-state index contributed by atoms with van der Waals surface area (Å²) in [6.07, 6.45) is 2.40. The predicted octanol–water partition coefficient (Wildman–Crippen LogP) is 2.51. The molecule has 148 valence electrons. The molecule has 26 heavy (non-hydrogen) atoms. The minimum atomic E-state index is -3.46. The van der Waals surface area contributed by atoms with Crippen LogP contribution in [-0.4, -0.2) is 46.6 Å². The molecule has 1 unspecified atom stereocenters. The highest BCUT2D eigenvalue weighted by atomic mass is 31.2. The molecule has 3 N–H and O–H groups in total. The van der Waals surface area contributed by atoms with Gasteiger partial charge in [-0.1, -0.05) is 20.3 Å². The van der Waals surface area contributed by atoms with Crippen LogP contribution in [0.3, 0.4) is 0 Å². The first-order valence-corrected chi connectivity index (χ1v) is 10.7. The average molecular weight is 390 g/mol. The van der Waals surface area contributed by atoms with Crippen molar-refractivity contribution in [1.29, 1.82) is 0 Å². The van der Waals surface area contributed by atoms with Crippen molar-refractivity contribution in [3.05, 3.63) is 11.4 Å². The van der Waals surface area contributed by atoms with Crippen molar-refractivity contribution in [2.75, 3.05) is 12.7 Å². The third kappa shape index (κ3) is 9.27. The molecule has 0 heterocycles. The summed E-state index contributed by atoms with van der Waals surface area (Å²) in [5.41, 5.74) is 0.982. The molecule has 1 rings (SSSR count). The molecule has 1 amide bonds. The fraction of sp³-hybridized carbons (Fsp3) is 0.706. The Morgan fingerprint density at radius 1 is 1.12 bits per heavy atom. The standard InChI is InChI=1S/C17H28NO7P/c1-12(2)16(20)24-13(3)25-17(21)18-9-15(19)11-26(22,23)10-14-7-5-4-6-8-14/h10,12-13,22-23H,4-9,11H2,1-3H3/p+1. The molecule has 0 radical (unpaired) electrons. The number of rotatable bonds is 8. The molecule has 1 saturated carbocycles. The molecule has 8 nitrogen and oxygen atoms in total. The lowest BCUT2D eigenvalue weighted by Gasteiger charge is -2.16. The van der Waals surface area contributed by atoms with Crippen LogP contribution in [-0.2, 0) is 19.1 Å². The maximum atomic E-state index is 11.9. The summed E-state index contributed by atoms with van der Waals surface area (Å²) in [7, 11) is -3.46. The lowest BCUT2D eigenvalue weighted by Crippen LogP contribution is -2.35. The summed E-state index contributed by atoms with van der Waals surface area (Å²) in [6.45, 7) is 4.29. The maximum Gasteiger partial charge on any atom is 0.410 e. The van der Waals surface area contributed by atoms with Crippen LogP contribution in [0.25, 0.3) is 0 Å². The third-order valence-electron chi connectivity index (χ3n) is 3.75. The number of Topliss-reactive ketones (excluding diaryl/α,β-unsaturated/α-hetero) is 1. The maximum absolute atomic E-state index is 11.9. The second-order valence-electron chi connectivity index (χ2n) is 6.75. The van der Waals surface area contributed by atoms with E-state index < -0.39 is 44.6 Å². The molecule has 0 saturated heterocycles. The van der Waals surface area contributed by atoms with Gasteiger partial charge in [-0.3, -0.25) is 9.59 Å². The first-order chi connectivity index (χ1) is 12.1.